The number of thiazole rings is 1. The molecule has 3 rings (SSSR count). The van der Waals surface area contributed by atoms with Crippen LogP contribution in [0.3, 0.4) is 0 Å². The van der Waals surface area contributed by atoms with Gasteiger partial charge in [-0.15, -0.1) is 11.3 Å². The Kier molecular flexibility index (Phi) is 2.14. The van der Waals surface area contributed by atoms with E-state index in [1.807, 2.05) is 6.07 Å². The minimum Gasteiger partial charge on any atom is -0.295 e. The number of benzene rings is 1. The molecule has 1 aliphatic carbocycles. The zero-order valence-electron chi connectivity index (χ0n) is 8.93. The summed E-state index contributed by atoms with van der Waals surface area (Å²) >= 11 is 1.52. The maximum Gasteiger partial charge on any atom is 0.178 e. The topological polar surface area (TPSA) is 30.0 Å². The van der Waals surface area contributed by atoms with Gasteiger partial charge in [-0.25, -0.2) is 4.98 Å². The molecule has 0 amide bonds. The number of nitrogens with zero attached hydrogens (tertiary/aromatic N) is 1. The van der Waals surface area contributed by atoms with Crippen LogP contribution in [-0.2, 0) is 6.42 Å². The summed E-state index contributed by atoms with van der Waals surface area (Å²) < 4.78 is 0. The Bertz CT molecular complexity index is 559. The van der Waals surface area contributed by atoms with Gasteiger partial charge in [0.25, 0.3) is 0 Å². The van der Waals surface area contributed by atoms with E-state index in [1.165, 1.54) is 27.3 Å². The van der Waals surface area contributed by atoms with Gasteiger partial charge in [-0.05, 0) is 17.9 Å². The molecule has 0 spiro atoms. The van der Waals surface area contributed by atoms with Crippen molar-refractivity contribution in [2.75, 3.05) is 0 Å². The van der Waals surface area contributed by atoms with Gasteiger partial charge in [0.05, 0.1) is 5.69 Å². The van der Waals surface area contributed by atoms with Gasteiger partial charge in [-0.3, -0.25) is 4.79 Å². The van der Waals surface area contributed by atoms with E-state index in [9.17, 15) is 4.79 Å². The Morgan fingerprint density at radius 2 is 2.25 bits per heavy atom. The number of hydrogen-bond donors (Lipinski definition) is 0. The van der Waals surface area contributed by atoms with E-state index in [4.69, 9.17) is 0 Å². The molecular weight excluding hydrogens is 218 g/mol. The van der Waals surface area contributed by atoms with E-state index < -0.39 is 0 Å². The van der Waals surface area contributed by atoms with Crippen LogP contribution in [0.2, 0.25) is 0 Å². The molecule has 2 aromatic rings. The highest BCUT2D eigenvalue weighted by Gasteiger charge is 2.24. The molecule has 1 aromatic carbocycles. The Morgan fingerprint density at radius 3 is 3.06 bits per heavy atom. The van der Waals surface area contributed by atoms with Crippen molar-refractivity contribution in [3.8, 4) is 11.3 Å². The van der Waals surface area contributed by atoms with E-state index >= 15 is 0 Å². The van der Waals surface area contributed by atoms with E-state index in [1.54, 1.807) is 0 Å². The third-order valence-electron chi connectivity index (χ3n) is 3.05. The summed E-state index contributed by atoms with van der Waals surface area (Å²) in [7, 11) is 0. The third-order valence-corrected chi connectivity index (χ3v) is 4.06. The number of rotatable bonds is 1. The average molecular weight is 229 g/mol. The minimum absolute atomic E-state index is 0.517. The number of fused-ring (bicyclic) bond motifs is 3. The predicted molar refractivity (Wildman–Crippen MR) is 65.1 cm³/mol. The third kappa shape index (κ3) is 1.32. The highest BCUT2D eigenvalue weighted by Crippen LogP contribution is 2.40. The summed E-state index contributed by atoms with van der Waals surface area (Å²) in [6, 6.07) is 8.34. The first-order valence-electron chi connectivity index (χ1n) is 5.34. The van der Waals surface area contributed by atoms with Gasteiger partial charge in [0.2, 0.25) is 0 Å². The SMILES string of the molecule is CC1Cc2sc(C=O)nc2-c2ccccc21. The molecule has 1 unspecified atom stereocenters. The van der Waals surface area contributed by atoms with Crippen LogP contribution >= 0.6 is 11.3 Å². The molecule has 3 heteroatoms. The fourth-order valence-corrected chi connectivity index (χ4v) is 3.32. The van der Waals surface area contributed by atoms with Crippen molar-refractivity contribution in [1.82, 2.24) is 4.98 Å². The first-order chi connectivity index (χ1) is 7.79. The quantitative estimate of drug-likeness (QED) is 0.702. The molecule has 1 aliphatic rings. The second kappa shape index (κ2) is 3.52. The molecule has 16 heavy (non-hydrogen) atoms. The van der Waals surface area contributed by atoms with Gasteiger partial charge in [0.15, 0.2) is 11.3 Å². The molecule has 0 aliphatic heterocycles. The van der Waals surface area contributed by atoms with Gasteiger partial charge < -0.3 is 0 Å². The zero-order valence-corrected chi connectivity index (χ0v) is 9.75. The molecule has 1 heterocycles. The summed E-state index contributed by atoms with van der Waals surface area (Å²) in [5, 5.41) is 0.592. The normalized spacial score (nSPS) is 17.7. The number of carbonyl (C=O) groups is 1. The zero-order chi connectivity index (χ0) is 11.1. The Balaban J connectivity index is 2.26. The maximum absolute atomic E-state index is 10.8. The van der Waals surface area contributed by atoms with Crippen LogP contribution < -0.4 is 0 Å². The number of carbonyl (C=O) groups excluding carboxylic acids is 1. The predicted octanol–water partition coefficient (Wildman–Crippen LogP) is 3.28. The molecule has 1 aromatic heterocycles. The molecule has 2 nitrogen and oxygen atoms in total. The van der Waals surface area contributed by atoms with Crippen LogP contribution in [0.4, 0.5) is 0 Å². The smallest absolute Gasteiger partial charge is 0.178 e. The van der Waals surface area contributed by atoms with Crippen molar-refractivity contribution in [2.45, 2.75) is 19.3 Å². The Morgan fingerprint density at radius 1 is 1.44 bits per heavy atom. The lowest BCUT2D eigenvalue weighted by atomic mass is 9.86. The second-order valence-electron chi connectivity index (χ2n) is 4.13. The molecule has 0 radical (unpaired) electrons. The Labute approximate surface area is 98.0 Å². The van der Waals surface area contributed by atoms with Crippen molar-refractivity contribution in [3.63, 3.8) is 0 Å². The molecule has 0 saturated carbocycles. The number of aldehydes is 1. The summed E-state index contributed by atoms with van der Waals surface area (Å²) in [6.07, 6.45) is 1.84. The summed E-state index contributed by atoms with van der Waals surface area (Å²) in [5.41, 5.74) is 3.55. The van der Waals surface area contributed by atoms with Crippen LogP contribution in [-0.4, -0.2) is 11.3 Å². The Hall–Kier alpha value is -1.48. The lowest BCUT2D eigenvalue weighted by Gasteiger charge is -2.21. The minimum atomic E-state index is 0.517. The molecule has 0 N–H and O–H groups in total. The standard InChI is InChI=1S/C13H11NOS/c1-8-6-11-13(14-12(7-15)16-11)10-5-3-2-4-9(8)10/h2-5,7-8H,6H2,1H3. The van der Waals surface area contributed by atoms with Crippen molar-refractivity contribution in [2.24, 2.45) is 0 Å². The van der Waals surface area contributed by atoms with Gasteiger partial charge in [-0.2, -0.15) is 0 Å². The van der Waals surface area contributed by atoms with Crippen molar-refractivity contribution in [3.05, 3.63) is 39.7 Å². The van der Waals surface area contributed by atoms with Crippen LogP contribution in [0.25, 0.3) is 11.3 Å². The van der Waals surface area contributed by atoms with Crippen LogP contribution in [0.5, 0.6) is 0 Å². The highest BCUT2D eigenvalue weighted by molar-refractivity contribution is 7.13. The van der Waals surface area contributed by atoms with Crippen molar-refractivity contribution < 1.29 is 4.79 Å². The summed E-state index contributed by atoms with van der Waals surface area (Å²) in [4.78, 5) is 16.4. The lowest BCUT2D eigenvalue weighted by molar-refractivity contribution is 0.112. The molecule has 0 saturated heterocycles. The molecule has 80 valence electrons. The van der Waals surface area contributed by atoms with Crippen LogP contribution in [0, 0.1) is 0 Å². The first-order valence-corrected chi connectivity index (χ1v) is 6.15. The van der Waals surface area contributed by atoms with E-state index in [-0.39, 0.29) is 0 Å². The molecule has 0 fully saturated rings. The molecule has 1 atom stereocenters. The van der Waals surface area contributed by atoms with E-state index in [2.05, 4.69) is 30.1 Å². The lowest BCUT2D eigenvalue weighted by Crippen LogP contribution is -2.06. The number of hydrogen-bond acceptors (Lipinski definition) is 3. The first kappa shape index (κ1) is 9.73. The van der Waals surface area contributed by atoms with Gasteiger partial charge in [0, 0.05) is 10.4 Å². The van der Waals surface area contributed by atoms with Gasteiger partial charge >= 0.3 is 0 Å². The summed E-state index contributed by atoms with van der Waals surface area (Å²) in [6.45, 7) is 2.22. The van der Waals surface area contributed by atoms with Gasteiger partial charge in [-0.1, -0.05) is 31.2 Å². The molecule has 0 bridgehead atoms. The van der Waals surface area contributed by atoms with Gasteiger partial charge in [0.1, 0.15) is 0 Å². The fraction of sp³-hybridized carbons (Fsp3) is 0.231. The average Bonchev–Trinajstić information content (AvgIpc) is 2.72. The van der Waals surface area contributed by atoms with Crippen molar-refractivity contribution >= 4 is 17.6 Å². The maximum atomic E-state index is 10.8. The van der Waals surface area contributed by atoms with E-state index in [0.29, 0.717) is 10.9 Å². The van der Waals surface area contributed by atoms with Crippen LogP contribution in [0.15, 0.2) is 24.3 Å². The fourth-order valence-electron chi connectivity index (χ4n) is 2.30. The van der Waals surface area contributed by atoms with Crippen molar-refractivity contribution in [1.29, 1.82) is 0 Å². The number of aromatic nitrogens is 1. The highest BCUT2D eigenvalue weighted by atomic mass is 32.1. The van der Waals surface area contributed by atoms with Crippen LogP contribution in [0.1, 0.15) is 33.1 Å². The second-order valence-corrected chi connectivity index (χ2v) is 5.25. The monoisotopic (exact) mass is 229 g/mol. The molecular formula is C13H11NOS. The van der Waals surface area contributed by atoms with E-state index in [0.717, 1.165) is 18.4 Å². The largest absolute Gasteiger partial charge is 0.295 e. The summed E-state index contributed by atoms with van der Waals surface area (Å²) in [5.74, 6) is 0.517.